The highest BCUT2D eigenvalue weighted by molar-refractivity contribution is 7.47. The lowest BCUT2D eigenvalue weighted by atomic mass is 9.85. The summed E-state index contributed by atoms with van der Waals surface area (Å²) >= 11 is 0. The molecule has 5 unspecified atom stereocenters. The Balaban J connectivity index is 2.61. The van der Waals surface area contributed by atoms with Crippen LogP contribution in [-0.2, 0) is 41.8 Å². The number of hydrogen-bond donors (Lipinski definition) is 7. The van der Waals surface area contributed by atoms with Crippen LogP contribution in [0, 0.1) is 0 Å². The van der Waals surface area contributed by atoms with Crippen LogP contribution >= 0.6 is 15.6 Å². The smallest absolute Gasteiger partial charge is 0.462 e. The molecule has 1 saturated carbocycles. The third-order valence-electron chi connectivity index (χ3n) is 10.9. The number of carbonyl (C=O) groups is 2. The fourth-order valence-electron chi connectivity index (χ4n) is 7.09. The molecule has 0 heterocycles. The molecule has 8 atom stereocenters. The number of allylic oxidation sites excluding steroid dienone is 8. The lowest BCUT2D eigenvalue weighted by molar-refractivity contribution is -0.216. The van der Waals surface area contributed by atoms with Crippen molar-refractivity contribution >= 4 is 27.6 Å². The first kappa shape index (κ1) is 61.0. The summed E-state index contributed by atoms with van der Waals surface area (Å²) in [5, 5.41) is 41.2. The SMILES string of the molecule is CCCCC/C=C\C/C=C\C/C=C\CCCCCCC(=O)O[C@H](COC(=O)CCCCCCCCC/C=C\CCCCCC)COP(=O)(O)O[C@H]1C(O)C(O)C(O)[C@@H](OP(=O)(O)O)C1O. The number of aliphatic hydroxyl groups excluding tert-OH is 4. The van der Waals surface area contributed by atoms with Crippen molar-refractivity contribution < 1.29 is 76.9 Å². The van der Waals surface area contributed by atoms with Crippen molar-refractivity contribution in [3.8, 4) is 0 Å². The van der Waals surface area contributed by atoms with E-state index in [1.54, 1.807) is 0 Å². The molecule has 1 fully saturated rings. The average molecular weight is 967 g/mol. The summed E-state index contributed by atoms with van der Waals surface area (Å²) in [5.74, 6) is -1.24. The lowest BCUT2D eigenvalue weighted by Gasteiger charge is -2.43. The number of rotatable bonds is 40. The van der Waals surface area contributed by atoms with Gasteiger partial charge in [-0.05, 0) is 77.0 Å². The Morgan fingerprint density at radius 2 is 0.892 bits per heavy atom. The molecule has 0 aromatic rings. The zero-order chi connectivity index (χ0) is 48.2. The van der Waals surface area contributed by atoms with E-state index in [0.29, 0.717) is 12.8 Å². The Kier molecular flexibility index (Phi) is 35.5. The van der Waals surface area contributed by atoms with Gasteiger partial charge in [0.25, 0.3) is 0 Å². The number of ether oxygens (including phenoxy) is 2. The molecule has 0 bridgehead atoms. The second-order valence-electron chi connectivity index (χ2n) is 16.8. The molecule has 378 valence electrons. The molecule has 0 spiro atoms. The van der Waals surface area contributed by atoms with Gasteiger partial charge in [-0.25, -0.2) is 9.13 Å². The van der Waals surface area contributed by atoms with E-state index < -0.39 is 83.5 Å². The molecule has 16 nitrogen and oxygen atoms in total. The minimum Gasteiger partial charge on any atom is -0.462 e. The Morgan fingerprint density at radius 3 is 1.40 bits per heavy atom. The molecule has 0 amide bonds. The van der Waals surface area contributed by atoms with Crippen LogP contribution in [0.2, 0.25) is 0 Å². The van der Waals surface area contributed by atoms with E-state index in [2.05, 4.69) is 67.0 Å². The van der Waals surface area contributed by atoms with E-state index in [1.807, 2.05) is 0 Å². The van der Waals surface area contributed by atoms with Crippen LogP contribution in [0.4, 0.5) is 0 Å². The molecule has 0 aromatic carbocycles. The summed E-state index contributed by atoms with van der Waals surface area (Å²) in [6.45, 7) is 3.05. The van der Waals surface area contributed by atoms with Gasteiger partial charge in [-0.1, -0.05) is 140 Å². The first-order valence-corrected chi connectivity index (χ1v) is 27.2. The van der Waals surface area contributed by atoms with Crippen LogP contribution in [0.5, 0.6) is 0 Å². The zero-order valence-corrected chi connectivity index (χ0v) is 40.9. The van der Waals surface area contributed by atoms with Crippen molar-refractivity contribution in [2.75, 3.05) is 13.2 Å². The molecule has 18 heteroatoms. The zero-order valence-electron chi connectivity index (χ0n) is 39.2. The van der Waals surface area contributed by atoms with Crippen LogP contribution in [-0.4, -0.2) is 103 Å². The number of phosphoric acid groups is 2. The first-order chi connectivity index (χ1) is 31.1. The lowest BCUT2D eigenvalue weighted by Crippen LogP contribution is -2.64. The van der Waals surface area contributed by atoms with Gasteiger partial charge < -0.3 is 44.6 Å². The predicted octanol–water partition coefficient (Wildman–Crippen LogP) is 9.29. The van der Waals surface area contributed by atoms with Gasteiger partial charge in [0.05, 0.1) is 6.61 Å². The number of carbonyl (C=O) groups excluding carboxylic acids is 2. The Bertz CT molecular complexity index is 1450. The van der Waals surface area contributed by atoms with Gasteiger partial charge in [-0.2, -0.15) is 0 Å². The molecule has 7 N–H and O–H groups in total. The van der Waals surface area contributed by atoms with Crippen molar-refractivity contribution in [1.29, 1.82) is 0 Å². The average Bonchev–Trinajstić information content (AvgIpc) is 3.26. The number of esters is 2. The van der Waals surface area contributed by atoms with E-state index in [4.69, 9.17) is 18.5 Å². The van der Waals surface area contributed by atoms with Gasteiger partial charge in [-0.15, -0.1) is 0 Å². The van der Waals surface area contributed by atoms with Gasteiger partial charge >= 0.3 is 27.6 Å². The van der Waals surface area contributed by atoms with Crippen LogP contribution in [0.15, 0.2) is 48.6 Å². The second-order valence-corrected chi connectivity index (χ2v) is 19.4. The van der Waals surface area contributed by atoms with Gasteiger partial charge in [-0.3, -0.25) is 23.2 Å². The third kappa shape index (κ3) is 32.4. The topological polar surface area (TPSA) is 256 Å². The minimum absolute atomic E-state index is 0.0167. The number of phosphoric ester groups is 2. The quantitative estimate of drug-likeness (QED) is 0.0131. The molecule has 0 aliphatic heterocycles. The van der Waals surface area contributed by atoms with Crippen LogP contribution in [0.1, 0.15) is 181 Å². The van der Waals surface area contributed by atoms with Crippen molar-refractivity contribution in [2.24, 2.45) is 0 Å². The Morgan fingerprint density at radius 1 is 0.492 bits per heavy atom. The van der Waals surface area contributed by atoms with Crippen molar-refractivity contribution in [1.82, 2.24) is 0 Å². The second kappa shape index (κ2) is 37.9. The minimum atomic E-state index is -5.37. The largest absolute Gasteiger partial charge is 0.472 e. The molecule has 1 aliphatic rings. The van der Waals surface area contributed by atoms with Gasteiger partial charge in [0.15, 0.2) is 6.10 Å². The summed E-state index contributed by atoms with van der Waals surface area (Å²) in [7, 11) is -10.7. The molecule has 0 aromatic heterocycles. The fourth-order valence-corrected chi connectivity index (χ4v) is 8.62. The highest BCUT2D eigenvalue weighted by Crippen LogP contribution is 2.49. The molecular weight excluding hydrogens is 882 g/mol. The van der Waals surface area contributed by atoms with E-state index in [0.717, 1.165) is 96.3 Å². The summed E-state index contributed by atoms with van der Waals surface area (Å²) in [6, 6.07) is 0. The molecule has 1 aliphatic carbocycles. The van der Waals surface area contributed by atoms with Crippen LogP contribution in [0.3, 0.4) is 0 Å². The molecule has 0 saturated heterocycles. The first-order valence-electron chi connectivity index (χ1n) is 24.2. The Hall–Kier alpha value is -2.04. The number of unbranched alkanes of at least 4 members (excludes halogenated alkanes) is 18. The maximum atomic E-state index is 13.0. The normalized spacial score (nSPS) is 22.0. The standard InChI is InChI=1S/C47H84O16P2/c1-3-5-7-9-11-13-15-17-19-20-22-24-26-28-30-32-34-36-41(49)61-39(37-59-40(48)35-33-31-29-27-25-23-21-18-16-14-12-10-8-6-4-2)38-60-65(57,58)63-47-44(52)42(50)43(51)46(45(47)53)62-64(54,55)56/h11,13-14,16-17,19,22,24,39,42-47,50-53H,3-10,12,15,18,20-21,23,25-38H2,1-2H3,(H,57,58)(H2,54,55,56)/b13-11-,16-14-,19-17-,24-22-/t39-,42?,43?,44?,45?,46-,47+/m1/s1. The third-order valence-corrected chi connectivity index (χ3v) is 12.4. The maximum absolute atomic E-state index is 13.0. The van der Waals surface area contributed by atoms with Crippen LogP contribution in [0.25, 0.3) is 0 Å². The van der Waals surface area contributed by atoms with E-state index in [1.165, 1.54) is 44.9 Å². The molecule has 65 heavy (non-hydrogen) atoms. The van der Waals surface area contributed by atoms with E-state index >= 15 is 0 Å². The molecule has 1 rings (SSSR count). The van der Waals surface area contributed by atoms with Gasteiger partial charge in [0.2, 0.25) is 0 Å². The monoisotopic (exact) mass is 967 g/mol. The number of hydrogen-bond acceptors (Lipinski definition) is 13. The fraction of sp³-hybridized carbons (Fsp3) is 0.787. The van der Waals surface area contributed by atoms with Gasteiger partial charge in [0.1, 0.15) is 43.2 Å². The predicted molar refractivity (Wildman–Crippen MR) is 250 cm³/mol. The number of aliphatic hydroxyl groups is 4. The maximum Gasteiger partial charge on any atom is 0.472 e. The summed E-state index contributed by atoms with van der Waals surface area (Å²) in [5.41, 5.74) is 0. The molecular formula is C47H84O16P2. The Labute approximate surface area is 388 Å². The van der Waals surface area contributed by atoms with Crippen molar-refractivity contribution in [3.63, 3.8) is 0 Å². The summed E-state index contributed by atoms with van der Waals surface area (Å²) in [4.78, 5) is 54.3. The summed E-state index contributed by atoms with van der Waals surface area (Å²) in [6.07, 6.45) is 27.7. The summed E-state index contributed by atoms with van der Waals surface area (Å²) < 4.78 is 49.4. The van der Waals surface area contributed by atoms with Gasteiger partial charge in [0, 0.05) is 12.8 Å². The van der Waals surface area contributed by atoms with Crippen molar-refractivity contribution in [2.45, 2.75) is 224 Å². The van der Waals surface area contributed by atoms with Crippen LogP contribution < -0.4 is 0 Å². The highest BCUT2D eigenvalue weighted by atomic mass is 31.2. The molecule has 0 radical (unpaired) electrons. The highest BCUT2D eigenvalue weighted by Gasteiger charge is 2.54. The van der Waals surface area contributed by atoms with E-state index in [-0.39, 0.29) is 12.8 Å². The van der Waals surface area contributed by atoms with Crippen molar-refractivity contribution in [3.05, 3.63) is 48.6 Å². The van der Waals surface area contributed by atoms with E-state index in [9.17, 15) is 53.8 Å².